The molecule has 0 aliphatic rings. The predicted molar refractivity (Wildman–Crippen MR) is 92.9 cm³/mol. The lowest BCUT2D eigenvalue weighted by Crippen LogP contribution is -2.23. The third kappa shape index (κ3) is 17.1. The highest BCUT2D eigenvalue weighted by molar-refractivity contribution is 5.65. The molecule has 0 aliphatic carbocycles. The molecule has 0 bridgehead atoms. The molecule has 0 saturated heterocycles. The molecule has 0 unspecified atom stereocenters. The van der Waals surface area contributed by atoms with Crippen molar-refractivity contribution in [1.29, 1.82) is 0 Å². The molecule has 0 heterocycles. The van der Waals surface area contributed by atoms with Crippen LogP contribution in [0, 0.1) is 12.3 Å². The van der Waals surface area contributed by atoms with Crippen molar-refractivity contribution in [3.63, 3.8) is 0 Å². The van der Waals surface area contributed by atoms with E-state index in [4.69, 9.17) is 11.2 Å². The molecule has 0 aromatic carbocycles. The molecular weight excluding hydrogens is 292 g/mol. The van der Waals surface area contributed by atoms with Gasteiger partial charge in [-0.2, -0.15) is 0 Å². The summed E-state index contributed by atoms with van der Waals surface area (Å²) in [6, 6.07) is 0. The Morgan fingerprint density at radius 3 is 2.00 bits per heavy atom. The van der Waals surface area contributed by atoms with Crippen LogP contribution in [-0.2, 0) is 9.53 Å². The molecule has 0 saturated carbocycles. The Balaban J connectivity index is 3.30. The van der Waals surface area contributed by atoms with Gasteiger partial charge < -0.3 is 14.9 Å². The Bertz CT molecular complexity index is 322. The average Bonchev–Trinajstić information content (AvgIpc) is 2.50. The standard InChI is InChI=1S/C19H34O4/c1-3-4-5-6-7-8-9-10-11-12-13-14-18(21)15-19(22)16-23-17(2)20/h1,18-19,21-22H,4-16H2,2H3/t18-,19+/m0/s1. The van der Waals surface area contributed by atoms with Gasteiger partial charge in [-0.25, -0.2) is 0 Å². The molecule has 4 nitrogen and oxygen atoms in total. The highest BCUT2D eigenvalue weighted by Gasteiger charge is 2.12. The van der Waals surface area contributed by atoms with Crippen molar-refractivity contribution in [3.05, 3.63) is 0 Å². The summed E-state index contributed by atoms with van der Waals surface area (Å²) < 4.78 is 4.71. The van der Waals surface area contributed by atoms with Gasteiger partial charge in [-0.3, -0.25) is 4.79 Å². The highest BCUT2D eigenvalue weighted by atomic mass is 16.5. The Hall–Kier alpha value is -1.05. The minimum Gasteiger partial charge on any atom is -0.463 e. The molecule has 0 fully saturated rings. The van der Waals surface area contributed by atoms with E-state index in [1.165, 1.54) is 45.4 Å². The lowest BCUT2D eigenvalue weighted by molar-refractivity contribution is -0.144. The first-order valence-corrected chi connectivity index (χ1v) is 8.99. The highest BCUT2D eigenvalue weighted by Crippen LogP contribution is 2.13. The second-order valence-electron chi connectivity index (χ2n) is 6.27. The van der Waals surface area contributed by atoms with Crippen molar-refractivity contribution in [3.8, 4) is 12.3 Å². The lowest BCUT2D eigenvalue weighted by Gasteiger charge is -2.15. The van der Waals surface area contributed by atoms with Crippen LogP contribution in [0.5, 0.6) is 0 Å². The quantitative estimate of drug-likeness (QED) is 0.274. The molecule has 0 rings (SSSR count). The van der Waals surface area contributed by atoms with Gasteiger partial charge in [0.1, 0.15) is 6.61 Å². The largest absolute Gasteiger partial charge is 0.463 e. The van der Waals surface area contributed by atoms with Gasteiger partial charge in [-0.05, 0) is 12.8 Å². The summed E-state index contributed by atoms with van der Waals surface area (Å²) in [5.41, 5.74) is 0. The number of aliphatic hydroxyl groups excluding tert-OH is 2. The molecule has 23 heavy (non-hydrogen) atoms. The van der Waals surface area contributed by atoms with E-state index >= 15 is 0 Å². The first-order valence-electron chi connectivity index (χ1n) is 8.99. The van der Waals surface area contributed by atoms with E-state index in [-0.39, 0.29) is 13.0 Å². The van der Waals surface area contributed by atoms with Crippen LogP contribution in [0.1, 0.15) is 84.0 Å². The molecule has 2 N–H and O–H groups in total. The summed E-state index contributed by atoms with van der Waals surface area (Å²) in [6.07, 6.45) is 16.6. The first kappa shape index (κ1) is 21.9. The fourth-order valence-corrected chi connectivity index (χ4v) is 2.56. The van der Waals surface area contributed by atoms with E-state index in [2.05, 4.69) is 5.92 Å². The molecule has 0 aromatic heterocycles. The molecule has 0 amide bonds. The number of aliphatic hydroxyl groups is 2. The number of hydrogen-bond acceptors (Lipinski definition) is 4. The average molecular weight is 326 g/mol. The minimum absolute atomic E-state index is 0.0340. The van der Waals surface area contributed by atoms with Crippen LogP contribution in [0.3, 0.4) is 0 Å². The van der Waals surface area contributed by atoms with Crippen LogP contribution in [0.2, 0.25) is 0 Å². The second-order valence-corrected chi connectivity index (χ2v) is 6.27. The summed E-state index contributed by atoms with van der Waals surface area (Å²) >= 11 is 0. The summed E-state index contributed by atoms with van der Waals surface area (Å²) in [5, 5.41) is 19.4. The van der Waals surface area contributed by atoms with Crippen molar-refractivity contribution in [1.82, 2.24) is 0 Å². The summed E-state index contributed by atoms with van der Waals surface area (Å²) in [6.45, 7) is 1.27. The van der Waals surface area contributed by atoms with Gasteiger partial charge in [-0.1, -0.05) is 51.4 Å². The van der Waals surface area contributed by atoms with E-state index in [1.54, 1.807) is 0 Å². The number of hydrogen-bond donors (Lipinski definition) is 2. The van der Waals surface area contributed by atoms with Gasteiger partial charge in [-0.15, -0.1) is 12.3 Å². The minimum atomic E-state index is -0.775. The predicted octanol–water partition coefficient (Wildman–Crippen LogP) is 3.59. The molecule has 134 valence electrons. The SMILES string of the molecule is C#CCCCCCCCCCCC[C@H](O)C[C@@H](O)COC(C)=O. The maximum absolute atomic E-state index is 10.6. The fraction of sp³-hybridized carbons (Fsp3) is 0.842. The monoisotopic (exact) mass is 326 g/mol. The van der Waals surface area contributed by atoms with Gasteiger partial charge in [0, 0.05) is 19.8 Å². The van der Waals surface area contributed by atoms with Crippen molar-refractivity contribution < 1.29 is 19.7 Å². The Morgan fingerprint density at radius 2 is 1.48 bits per heavy atom. The zero-order valence-corrected chi connectivity index (χ0v) is 14.6. The van der Waals surface area contributed by atoms with Gasteiger partial charge >= 0.3 is 5.97 Å². The number of terminal acetylenes is 1. The number of unbranched alkanes of at least 4 members (excludes halogenated alkanes) is 9. The third-order valence-corrected chi connectivity index (χ3v) is 3.88. The van der Waals surface area contributed by atoms with Crippen molar-refractivity contribution in [2.75, 3.05) is 6.61 Å². The van der Waals surface area contributed by atoms with E-state index in [0.29, 0.717) is 6.42 Å². The zero-order valence-electron chi connectivity index (χ0n) is 14.6. The van der Waals surface area contributed by atoms with Gasteiger partial charge in [0.2, 0.25) is 0 Å². The molecular formula is C19H34O4. The fourth-order valence-electron chi connectivity index (χ4n) is 2.56. The third-order valence-electron chi connectivity index (χ3n) is 3.88. The maximum Gasteiger partial charge on any atom is 0.302 e. The molecule has 0 aromatic rings. The van der Waals surface area contributed by atoms with Crippen LogP contribution in [0.25, 0.3) is 0 Å². The van der Waals surface area contributed by atoms with Crippen LogP contribution in [0.4, 0.5) is 0 Å². The number of rotatable bonds is 15. The maximum atomic E-state index is 10.6. The first-order chi connectivity index (χ1) is 11.1. The number of carbonyl (C=O) groups is 1. The summed E-state index contributed by atoms with van der Waals surface area (Å²) in [7, 11) is 0. The van der Waals surface area contributed by atoms with Crippen LogP contribution in [0.15, 0.2) is 0 Å². The number of esters is 1. The molecule has 0 radical (unpaired) electrons. The van der Waals surface area contributed by atoms with Crippen molar-refractivity contribution in [2.24, 2.45) is 0 Å². The van der Waals surface area contributed by atoms with Crippen LogP contribution >= 0.6 is 0 Å². The van der Waals surface area contributed by atoms with E-state index < -0.39 is 18.2 Å². The lowest BCUT2D eigenvalue weighted by atomic mass is 10.0. The summed E-state index contributed by atoms with van der Waals surface area (Å²) in [4.78, 5) is 10.6. The van der Waals surface area contributed by atoms with Crippen LogP contribution < -0.4 is 0 Å². The number of ether oxygens (including phenoxy) is 1. The van der Waals surface area contributed by atoms with Gasteiger partial charge in [0.15, 0.2) is 0 Å². The topological polar surface area (TPSA) is 66.8 Å². The number of carbonyl (C=O) groups excluding carboxylic acids is 1. The molecule has 0 spiro atoms. The van der Waals surface area contributed by atoms with Gasteiger partial charge in [0.05, 0.1) is 12.2 Å². The molecule has 2 atom stereocenters. The Morgan fingerprint density at radius 1 is 0.957 bits per heavy atom. The summed E-state index contributed by atoms with van der Waals surface area (Å²) in [5.74, 6) is 2.26. The van der Waals surface area contributed by atoms with Crippen molar-refractivity contribution >= 4 is 5.97 Å². The van der Waals surface area contributed by atoms with Crippen molar-refractivity contribution in [2.45, 2.75) is 96.2 Å². The van der Waals surface area contributed by atoms with Gasteiger partial charge in [0.25, 0.3) is 0 Å². The normalized spacial score (nSPS) is 13.3. The smallest absolute Gasteiger partial charge is 0.302 e. The van der Waals surface area contributed by atoms with E-state index in [0.717, 1.165) is 25.7 Å². The molecule has 0 aliphatic heterocycles. The zero-order chi connectivity index (χ0) is 17.3. The van der Waals surface area contributed by atoms with Crippen LogP contribution in [-0.4, -0.2) is 35.0 Å². The Kier molecular flexibility index (Phi) is 15.1. The van der Waals surface area contributed by atoms with E-state index in [9.17, 15) is 15.0 Å². The second kappa shape index (κ2) is 15.8. The molecule has 4 heteroatoms. The van der Waals surface area contributed by atoms with E-state index in [1.807, 2.05) is 0 Å². The Labute approximate surface area is 141 Å².